The number of rotatable bonds is 5. The Morgan fingerprint density at radius 1 is 1.26 bits per heavy atom. The molecule has 1 N–H and O–H groups in total. The van der Waals surface area contributed by atoms with Gasteiger partial charge < -0.3 is 10.1 Å². The Bertz CT molecular complexity index is 1190. The van der Waals surface area contributed by atoms with Crippen molar-refractivity contribution in [2.45, 2.75) is 46.0 Å². The lowest BCUT2D eigenvalue weighted by Gasteiger charge is -2.20. The highest BCUT2D eigenvalue weighted by Crippen LogP contribution is 2.32. The Labute approximate surface area is 184 Å². The second-order valence-corrected chi connectivity index (χ2v) is 8.68. The van der Waals surface area contributed by atoms with E-state index in [2.05, 4.69) is 10.4 Å². The molecule has 0 spiro atoms. The largest absolute Gasteiger partial charge is 0.461 e. The van der Waals surface area contributed by atoms with E-state index in [1.165, 1.54) is 16.0 Å². The molecule has 0 saturated heterocycles. The highest BCUT2D eigenvalue weighted by Gasteiger charge is 2.26. The van der Waals surface area contributed by atoms with Gasteiger partial charge in [0, 0.05) is 16.7 Å². The molecule has 0 aliphatic heterocycles. The van der Waals surface area contributed by atoms with Crippen molar-refractivity contribution in [3.8, 4) is 5.69 Å². The molecule has 1 fully saturated rings. The van der Waals surface area contributed by atoms with Crippen LogP contribution in [0.3, 0.4) is 0 Å². The zero-order valence-corrected chi connectivity index (χ0v) is 18.5. The molecule has 8 heteroatoms. The molecule has 7 nitrogen and oxygen atoms in total. The van der Waals surface area contributed by atoms with Gasteiger partial charge in [0.2, 0.25) is 5.91 Å². The fourth-order valence-electron chi connectivity index (χ4n) is 4.01. The lowest BCUT2D eigenvalue weighted by Crippen LogP contribution is -2.27. The molecule has 31 heavy (non-hydrogen) atoms. The standard InChI is InChI=1S/C23H25N3O4S/c1-3-30-23(29)19-17-13-31-21(24-20(27)15-9-5-4-6-10-15)18(17)22(28)26(25-19)16-11-7-8-14(2)12-16/h7-8,11-13,15H,3-6,9-10H2,1-2H3,(H,24,27). The first-order chi connectivity index (χ1) is 15.0. The van der Waals surface area contributed by atoms with E-state index in [0.29, 0.717) is 16.1 Å². The van der Waals surface area contributed by atoms with E-state index in [0.717, 1.165) is 37.7 Å². The molecule has 1 aliphatic rings. The first-order valence-corrected chi connectivity index (χ1v) is 11.5. The lowest BCUT2D eigenvalue weighted by atomic mass is 9.89. The van der Waals surface area contributed by atoms with Gasteiger partial charge in [0.15, 0.2) is 5.69 Å². The van der Waals surface area contributed by atoms with E-state index in [9.17, 15) is 14.4 Å². The Balaban J connectivity index is 1.84. The van der Waals surface area contributed by atoms with Crippen LogP contribution in [0.4, 0.5) is 5.00 Å². The average molecular weight is 440 g/mol. The molecule has 1 saturated carbocycles. The average Bonchev–Trinajstić information content (AvgIpc) is 3.19. The summed E-state index contributed by atoms with van der Waals surface area (Å²) in [5.74, 6) is -0.715. The maximum Gasteiger partial charge on any atom is 0.359 e. The van der Waals surface area contributed by atoms with Crippen molar-refractivity contribution in [3.05, 3.63) is 51.3 Å². The van der Waals surface area contributed by atoms with Crippen LogP contribution in [-0.2, 0) is 9.53 Å². The molecular weight excluding hydrogens is 414 g/mol. The van der Waals surface area contributed by atoms with Crippen LogP contribution in [0.2, 0.25) is 0 Å². The van der Waals surface area contributed by atoms with E-state index in [4.69, 9.17) is 4.74 Å². The van der Waals surface area contributed by atoms with Crippen LogP contribution in [-0.4, -0.2) is 28.3 Å². The minimum atomic E-state index is -0.600. The summed E-state index contributed by atoms with van der Waals surface area (Å²) in [4.78, 5) is 38.9. The molecule has 0 atom stereocenters. The van der Waals surface area contributed by atoms with E-state index in [1.807, 2.05) is 25.1 Å². The predicted octanol–water partition coefficient (Wildman–Crippen LogP) is 4.45. The zero-order valence-electron chi connectivity index (χ0n) is 17.6. The van der Waals surface area contributed by atoms with Gasteiger partial charge in [0.05, 0.1) is 17.7 Å². The Morgan fingerprint density at radius 3 is 2.74 bits per heavy atom. The third-order valence-electron chi connectivity index (χ3n) is 5.58. The molecule has 1 aliphatic carbocycles. The number of nitrogens with one attached hydrogen (secondary N) is 1. The number of ether oxygens (including phenoxy) is 1. The Kier molecular flexibility index (Phi) is 6.18. The zero-order chi connectivity index (χ0) is 22.0. The number of nitrogens with zero attached hydrogens (tertiary/aromatic N) is 2. The first kappa shape index (κ1) is 21.2. The minimum absolute atomic E-state index is 0.0451. The summed E-state index contributed by atoms with van der Waals surface area (Å²) in [6, 6.07) is 7.32. The smallest absolute Gasteiger partial charge is 0.359 e. The molecule has 0 unspecified atom stereocenters. The van der Waals surface area contributed by atoms with Gasteiger partial charge in [-0.1, -0.05) is 31.4 Å². The Hall–Kier alpha value is -3.00. The molecule has 2 heterocycles. The summed E-state index contributed by atoms with van der Waals surface area (Å²) < 4.78 is 6.39. The van der Waals surface area contributed by atoms with Gasteiger partial charge in [0.1, 0.15) is 5.00 Å². The summed E-state index contributed by atoms with van der Waals surface area (Å²) in [5.41, 5.74) is 1.19. The van der Waals surface area contributed by atoms with Crippen molar-refractivity contribution >= 4 is 39.0 Å². The molecular formula is C23H25N3O4S. The van der Waals surface area contributed by atoms with Crippen LogP contribution < -0.4 is 10.9 Å². The van der Waals surface area contributed by atoms with Gasteiger partial charge >= 0.3 is 5.97 Å². The van der Waals surface area contributed by atoms with Crippen molar-refractivity contribution in [1.29, 1.82) is 0 Å². The number of esters is 1. The van der Waals surface area contributed by atoms with E-state index in [-0.39, 0.29) is 35.1 Å². The normalized spacial score (nSPS) is 14.5. The fraction of sp³-hybridized carbons (Fsp3) is 0.391. The number of anilines is 1. The van der Waals surface area contributed by atoms with Gasteiger partial charge in [-0.25, -0.2) is 4.79 Å². The lowest BCUT2D eigenvalue weighted by molar-refractivity contribution is -0.120. The van der Waals surface area contributed by atoms with Crippen LogP contribution in [0.1, 0.15) is 55.1 Å². The quantitative estimate of drug-likeness (QED) is 0.593. The fourth-order valence-corrected chi connectivity index (χ4v) is 4.95. The number of hydrogen-bond donors (Lipinski definition) is 1. The number of hydrogen-bond acceptors (Lipinski definition) is 6. The molecule has 2 aromatic heterocycles. The summed E-state index contributed by atoms with van der Waals surface area (Å²) in [5, 5.41) is 10.1. The number of thiophene rings is 1. The van der Waals surface area contributed by atoms with Crippen molar-refractivity contribution < 1.29 is 14.3 Å². The molecule has 4 rings (SSSR count). The number of benzene rings is 1. The topological polar surface area (TPSA) is 90.3 Å². The van der Waals surface area contributed by atoms with Crippen molar-refractivity contribution in [1.82, 2.24) is 9.78 Å². The van der Waals surface area contributed by atoms with Crippen LogP contribution >= 0.6 is 11.3 Å². The first-order valence-electron chi connectivity index (χ1n) is 10.6. The van der Waals surface area contributed by atoms with Crippen molar-refractivity contribution in [2.24, 2.45) is 5.92 Å². The molecule has 3 aromatic rings. The number of aryl methyl sites for hydroxylation is 1. The molecule has 0 radical (unpaired) electrons. The highest BCUT2D eigenvalue weighted by atomic mass is 32.1. The van der Waals surface area contributed by atoms with Gasteiger partial charge in [-0.3, -0.25) is 9.59 Å². The number of carbonyl (C=O) groups is 2. The van der Waals surface area contributed by atoms with Crippen LogP contribution in [0, 0.1) is 12.8 Å². The minimum Gasteiger partial charge on any atom is -0.461 e. The maximum absolute atomic E-state index is 13.4. The molecule has 1 amide bonds. The van der Waals surface area contributed by atoms with Crippen molar-refractivity contribution in [2.75, 3.05) is 11.9 Å². The summed E-state index contributed by atoms with van der Waals surface area (Å²) in [7, 11) is 0. The van der Waals surface area contributed by atoms with Gasteiger partial charge in [0.25, 0.3) is 5.56 Å². The third kappa shape index (κ3) is 4.25. The van der Waals surface area contributed by atoms with Gasteiger partial charge in [-0.2, -0.15) is 9.78 Å². The highest BCUT2D eigenvalue weighted by molar-refractivity contribution is 7.16. The number of fused-ring (bicyclic) bond motifs is 1. The van der Waals surface area contributed by atoms with Crippen molar-refractivity contribution in [3.63, 3.8) is 0 Å². The van der Waals surface area contributed by atoms with Gasteiger partial charge in [-0.05, 0) is 44.4 Å². The second kappa shape index (κ2) is 9.01. The SMILES string of the molecule is CCOC(=O)c1nn(-c2cccc(C)c2)c(=O)c2c(NC(=O)C3CCCCC3)scc12. The third-order valence-corrected chi connectivity index (χ3v) is 6.48. The number of carbonyl (C=O) groups excluding carboxylic acids is 2. The van der Waals surface area contributed by atoms with E-state index < -0.39 is 5.97 Å². The van der Waals surface area contributed by atoms with E-state index >= 15 is 0 Å². The number of amides is 1. The molecule has 162 valence electrons. The van der Waals surface area contributed by atoms with Crippen LogP contribution in [0.15, 0.2) is 34.4 Å². The Morgan fingerprint density at radius 2 is 2.03 bits per heavy atom. The molecule has 1 aromatic carbocycles. The van der Waals surface area contributed by atoms with E-state index in [1.54, 1.807) is 18.4 Å². The monoisotopic (exact) mass is 439 g/mol. The summed E-state index contributed by atoms with van der Waals surface area (Å²) in [6.45, 7) is 3.83. The number of aromatic nitrogens is 2. The molecule has 0 bridgehead atoms. The van der Waals surface area contributed by atoms with Crippen LogP contribution in [0.25, 0.3) is 16.5 Å². The van der Waals surface area contributed by atoms with Crippen LogP contribution in [0.5, 0.6) is 0 Å². The predicted molar refractivity (Wildman–Crippen MR) is 121 cm³/mol. The van der Waals surface area contributed by atoms with Gasteiger partial charge in [-0.15, -0.1) is 11.3 Å². The summed E-state index contributed by atoms with van der Waals surface area (Å²) >= 11 is 1.23. The maximum atomic E-state index is 13.4. The summed E-state index contributed by atoms with van der Waals surface area (Å²) in [6.07, 6.45) is 4.96. The second-order valence-electron chi connectivity index (χ2n) is 7.80.